The average Bonchev–Trinajstić information content (AvgIpc) is 2.61. The van der Waals surface area contributed by atoms with E-state index in [2.05, 4.69) is 64.7 Å². The molecule has 3 heteroatoms. The van der Waals surface area contributed by atoms with Gasteiger partial charge in [-0.25, -0.2) is 0 Å². The van der Waals surface area contributed by atoms with Crippen molar-refractivity contribution in [3.05, 3.63) is 66.0 Å². The largest absolute Gasteiger partial charge is 0.316 e. The fraction of sp³-hybridized carbons (Fsp3) is 0.421. The molecule has 2 heterocycles. The highest BCUT2D eigenvalue weighted by atomic mass is 15.1. The maximum atomic E-state index is 4.59. The number of pyridine rings is 1. The number of rotatable bonds is 5. The Morgan fingerprint density at radius 3 is 2.68 bits per heavy atom. The molecular formula is C19H25N3. The van der Waals surface area contributed by atoms with Crippen molar-refractivity contribution in [1.29, 1.82) is 0 Å². The van der Waals surface area contributed by atoms with Crippen molar-refractivity contribution >= 4 is 0 Å². The third-order valence-electron chi connectivity index (χ3n) is 4.69. The van der Waals surface area contributed by atoms with Crippen molar-refractivity contribution in [2.75, 3.05) is 26.7 Å². The van der Waals surface area contributed by atoms with E-state index in [1.807, 2.05) is 12.3 Å². The molecule has 1 saturated heterocycles. The highest BCUT2D eigenvalue weighted by Crippen LogP contribution is 2.26. The van der Waals surface area contributed by atoms with Gasteiger partial charge in [-0.3, -0.25) is 4.98 Å². The van der Waals surface area contributed by atoms with Gasteiger partial charge in [0.25, 0.3) is 0 Å². The summed E-state index contributed by atoms with van der Waals surface area (Å²) in [5.41, 5.74) is 2.64. The van der Waals surface area contributed by atoms with Gasteiger partial charge >= 0.3 is 0 Å². The summed E-state index contributed by atoms with van der Waals surface area (Å²) >= 11 is 0. The fourth-order valence-electron chi connectivity index (χ4n) is 3.40. The number of likely N-dealkylation sites (tertiary alicyclic amines) is 1. The van der Waals surface area contributed by atoms with E-state index >= 15 is 0 Å². The van der Waals surface area contributed by atoms with E-state index in [1.165, 1.54) is 24.2 Å². The molecule has 1 aliphatic rings. The van der Waals surface area contributed by atoms with Gasteiger partial charge in [-0.05, 0) is 44.1 Å². The summed E-state index contributed by atoms with van der Waals surface area (Å²) in [6.45, 7) is 3.39. The van der Waals surface area contributed by atoms with Crippen molar-refractivity contribution in [3.8, 4) is 0 Å². The molecule has 2 atom stereocenters. The Morgan fingerprint density at radius 2 is 1.95 bits per heavy atom. The van der Waals surface area contributed by atoms with Crippen LogP contribution in [0.4, 0.5) is 0 Å². The van der Waals surface area contributed by atoms with Crippen LogP contribution in [0.25, 0.3) is 0 Å². The first kappa shape index (κ1) is 15.2. The summed E-state index contributed by atoms with van der Waals surface area (Å²) in [6.07, 6.45) is 4.22. The monoisotopic (exact) mass is 295 g/mol. The minimum absolute atomic E-state index is 0.482. The van der Waals surface area contributed by atoms with Gasteiger partial charge in [0.05, 0.1) is 0 Å². The molecule has 0 unspecified atom stereocenters. The highest BCUT2D eigenvalue weighted by molar-refractivity contribution is 5.16. The van der Waals surface area contributed by atoms with Gasteiger partial charge in [0, 0.05) is 36.9 Å². The van der Waals surface area contributed by atoms with Gasteiger partial charge in [-0.15, -0.1) is 0 Å². The number of benzene rings is 1. The molecule has 0 spiro atoms. The van der Waals surface area contributed by atoms with E-state index < -0.39 is 0 Å². The zero-order chi connectivity index (χ0) is 15.2. The first-order valence-electron chi connectivity index (χ1n) is 8.21. The highest BCUT2D eigenvalue weighted by Gasteiger charge is 2.29. The van der Waals surface area contributed by atoms with Gasteiger partial charge in [0.15, 0.2) is 0 Å². The van der Waals surface area contributed by atoms with Gasteiger partial charge in [-0.1, -0.05) is 36.4 Å². The molecule has 3 nitrogen and oxygen atoms in total. The van der Waals surface area contributed by atoms with Crippen LogP contribution < -0.4 is 5.32 Å². The van der Waals surface area contributed by atoms with E-state index in [0.29, 0.717) is 12.0 Å². The molecular weight excluding hydrogens is 270 g/mol. The second-order valence-electron chi connectivity index (χ2n) is 6.08. The molecule has 22 heavy (non-hydrogen) atoms. The zero-order valence-electron chi connectivity index (χ0n) is 13.3. The van der Waals surface area contributed by atoms with Crippen LogP contribution in [-0.2, 0) is 6.42 Å². The predicted molar refractivity (Wildman–Crippen MR) is 91.0 cm³/mol. The van der Waals surface area contributed by atoms with Crippen LogP contribution in [0.15, 0.2) is 54.7 Å². The zero-order valence-corrected chi connectivity index (χ0v) is 13.3. The van der Waals surface area contributed by atoms with Crippen LogP contribution in [0.2, 0.25) is 0 Å². The molecule has 1 N–H and O–H groups in total. The minimum atomic E-state index is 0.482. The number of hydrogen-bond donors (Lipinski definition) is 1. The smallest absolute Gasteiger partial charge is 0.0462 e. The van der Waals surface area contributed by atoms with Crippen molar-refractivity contribution in [2.24, 2.45) is 0 Å². The lowest BCUT2D eigenvalue weighted by atomic mass is 9.89. The van der Waals surface area contributed by atoms with Crippen LogP contribution >= 0.6 is 0 Å². The van der Waals surface area contributed by atoms with E-state index in [9.17, 15) is 0 Å². The summed E-state index contributed by atoms with van der Waals surface area (Å²) in [5.74, 6) is 0.482. The van der Waals surface area contributed by atoms with E-state index in [-0.39, 0.29) is 0 Å². The Balaban J connectivity index is 1.63. The third kappa shape index (κ3) is 3.73. The van der Waals surface area contributed by atoms with Crippen molar-refractivity contribution in [2.45, 2.75) is 24.8 Å². The number of piperidine rings is 1. The van der Waals surface area contributed by atoms with Crippen LogP contribution in [0.5, 0.6) is 0 Å². The second kappa shape index (κ2) is 7.52. The van der Waals surface area contributed by atoms with Crippen LogP contribution in [0.3, 0.4) is 0 Å². The molecule has 0 amide bonds. The first-order valence-corrected chi connectivity index (χ1v) is 8.21. The van der Waals surface area contributed by atoms with Crippen molar-refractivity contribution in [1.82, 2.24) is 15.2 Å². The first-order chi connectivity index (χ1) is 10.9. The summed E-state index contributed by atoms with van der Waals surface area (Å²) in [7, 11) is 2.07. The molecule has 0 aliphatic carbocycles. The van der Waals surface area contributed by atoms with E-state index in [0.717, 1.165) is 19.5 Å². The summed E-state index contributed by atoms with van der Waals surface area (Å²) < 4.78 is 0. The van der Waals surface area contributed by atoms with Gasteiger partial charge in [-0.2, -0.15) is 0 Å². The third-order valence-corrected chi connectivity index (χ3v) is 4.69. The Labute approximate surface area is 133 Å². The number of likely N-dealkylation sites (N-methyl/N-ethyl adjacent to an activating group) is 1. The number of aromatic nitrogens is 1. The summed E-state index contributed by atoms with van der Waals surface area (Å²) in [6, 6.07) is 17.6. The molecule has 1 aliphatic heterocycles. The van der Waals surface area contributed by atoms with E-state index in [4.69, 9.17) is 0 Å². The SMILES string of the molecule is CN[C@@H]1CCN(CCc2ccccc2)C[C@@H]1c1ccccn1. The predicted octanol–water partition coefficient (Wildman–Crippen LogP) is 2.70. The topological polar surface area (TPSA) is 28.2 Å². The molecule has 116 valence electrons. The van der Waals surface area contributed by atoms with Gasteiger partial charge in [0.1, 0.15) is 0 Å². The van der Waals surface area contributed by atoms with Crippen molar-refractivity contribution < 1.29 is 0 Å². The van der Waals surface area contributed by atoms with Crippen LogP contribution in [-0.4, -0.2) is 42.6 Å². The molecule has 2 aromatic rings. The molecule has 1 fully saturated rings. The molecule has 0 radical (unpaired) electrons. The van der Waals surface area contributed by atoms with Crippen LogP contribution in [0, 0.1) is 0 Å². The normalized spacial score (nSPS) is 22.6. The van der Waals surface area contributed by atoms with E-state index in [1.54, 1.807) is 0 Å². The number of nitrogens with zero attached hydrogens (tertiary/aromatic N) is 2. The molecule has 0 saturated carbocycles. The quantitative estimate of drug-likeness (QED) is 0.919. The maximum Gasteiger partial charge on any atom is 0.0462 e. The number of nitrogens with one attached hydrogen (secondary N) is 1. The lowest BCUT2D eigenvalue weighted by molar-refractivity contribution is 0.178. The lowest BCUT2D eigenvalue weighted by Gasteiger charge is -2.38. The molecule has 1 aromatic heterocycles. The second-order valence-corrected chi connectivity index (χ2v) is 6.08. The molecule has 1 aromatic carbocycles. The Morgan fingerprint density at radius 1 is 1.14 bits per heavy atom. The minimum Gasteiger partial charge on any atom is -0.316 e. The average molecular weight is 295 g/mol. The summed E-state index contributed by atoms with van der Waals surface area (Å²) in [5, 5.41) is 3.48. The lowest BCUT2D eigenvalue weighted by Crippen LogP contribution is -2.47. The molecule has 0 bridgehead atoms. The fourth-order valence-corrected chi connectivity index (χ4v) is 3.40. The Hall–Kier alpha value is -1.71. The standard InChI is InChI=1S/C19H25N3/c1-20-18-11-14-22(13-10-16-7-3-2-4-8-16)15-17(18)19-9-5-6-12-21-19/h2-9,12,17-18,20H,10-11,13-15H2,1H3/t17-,18+/m0/s1. The maximum absolute atomic E-state index is 4.59. The Kier molecular flexibility index (Phi) is 5.20. The van der Waals surface area contributed by atoms with Gasteiger partial charge in [0.2, 0.25) is 0 Å². The number of hydrogen-bond acceptors (Lipinski definition) is 3. The van der Waals surface area contributed by atoms with Crippen LogP contribution in [0.1, 0.15) is 23.6 Å². The Bertz CT molecular complexity index is 555. The van der Waals surface area contributed by atoms with Gasteiger partial charge < -0.3 is 10.2 Å². The van der Waals surface area contributed by atoms with Crippen molar-refractivity contribution in [3.63, 3.8) is 0 Å². The summed E-state index contributed by atoms with van der Waals surface area (Å²) in [4.78, 5) is 7.17. The molecule has 3 rings (SSSR count).